The van der Waals surface area contributed by atoms with E-state index in [1.165, 1.54) is 21.8 Å². The number of amides is 3. The van der Waals surface area contributed by atoms with Gasteiger partial charge in [-0.1, -0.05) is 12.1 Å². The van der Waals surface area contributed by atoms with Crippen LogP contribution in [-0.2, 0) is 23.2 Å². The normalized spacial score (nSPS) is 15.0. The van der Waals surface area contributed by atoms with E-state index in [9.17, 15) is 19.2 Å². The quantitative estimate of drug-likeness (QED) is 0.509. The summed E-state index contributed by atoms with van der Waals surface area (Å²) in [4.78, 5) is 55.1. The van der Waals surface area contributed by atoms with E-state index in [2.05, 4.69) is 15.4 Å². The molecule has 12 heteroatoms. The lowest BCUT2D eigenvalue weighted by atomic mass is 10.2. The molecule has 0 saturated carbocycles. The number of carbonyl (C=O) groups is 3. The summed E-state index contributed by atoms with van der Waals surface area (Å²) in [6.45, 7) is -0.162. The van der Waals surface area contributed by atoms with Crippen molar-refractivity contribution < 1.29 is 19.1 Å². The maximum Gasteiger partial charge on any atom is 0.293 e. The van der Waals surface area contributed by atoms with Gasteiger partial charge in [0.1, 0.15) is 24.0 Å². The molecule has 3 amide bonds. The zero-order valence-electron chi connectivity index (χ0n) is 17.8. The fourth-order valence-electron chi connectivity index (χ4n) is 3.24. The lowest BCUT2D eigenvalue weighted by Crippen LogP contribution is -2.39. The van der Waals surface area contributed by atoms with Gasteiger partial charge in [0.05, 0.1) is 18.2 Å². The highest BCUT2D eigenvalue weighted by atomic mass is 32.2. The summed E-state index contributed by atoms with van der Waals surface area (Å²) in [7, 11) is 3.23. The Balaban J connectivity index is 1.33. The third kappa shape index (κ3) is 4.65. The number of benzene rings is 1. The van der Waals surface area contributed by atoms with Crippen LogP contribution in [0.15, 0.2) is 46.5 Å². The zero-order valence-corrected chi connectivity index (χ0v) is 18.7. The van der Waals surface area contributed by atoms with Gasteiger partial charge in [-0.3, -0.25) is 33.3 Å². The van der Waals surface area contributed by atoms with Crippen molar-refractivity contribution in [2.24, 2.45) is 7.05 Å². The molecule has 2 aromatic heterocycles. The molecule has 0 spiro atoms. The second-order valence-corrected chi connectivity index (χ2v) is 8.13. The number of imide groups is 1. The molecule has 11 nitrogen and oxygen atoms in total. The number of fused-ring (bicyclic) bond motifs is 1. The molecule has 0 bridgehead atoms. The molecule has 1 aromatic carbocycles. The SMILES string of the molecule is COc1ccc(/C=C2/SC(=O)N(CCNC(=O)Cn3cnc4c(cnn4C)c3=O)C2=O)cc1. The number of hydrogen-bond acceptors (Lipinski definition) is 8. The number of ether oxygens (including phenoxy) is 1. The molecule has 1 N–H and O–H groups in total. The van der Waals surface area contributed by atoms with Crippen LogP contribution in [0, 0.1) is 0 Å². The summed E-state index contributed by atoms with van der Waals surface area (Å²) in [5.74, 6) is -0.171. The highest BCUT2D eigenvalue weighted by Gasteiger charge is 2.34. The molecule has 0 atom stereocenters. The van der Waals surface area contributed by atoms with Crippen molar-refractivity contribution in [3.8, 4) is 5.75 Å². The Bertz CT molecular complexity index is 1330. The van der Waals surface area contributed by atoms with Gasteiger partial charge in [0.25, 0.3) is 16.7 Å². The first-order chi connectivity index (χ1) is 15.9. The molecular formula is C21H20N6O5S. The monoisotopic (exact) mass is 468 g/mol. The Kier molecular flexibility index (Phi) is 6.27. The van der Waals surface area contributed by atoms with Crippen molar-refractivity contribution in [1.29, 1.82) is 0 Å². The molecule has 1 fully saturated rings. The van der Waals surface area contributed by atoms with Gasteiger partial charge in [-0.15, -0.1) is 0 Å². The average molecular weight is 468 g/mol. The van der Waals surface area contributed by atoms with Crippen LogP contribution in [0.1, 0.15) is 5.56 Å². The Morgan fingerprint density at radius 2 is 1.97 bits per heavy atom. The van der Waals surface area contributed by atoms with E-state index in [1.807, 2.05) is 0 Å². The first-order valence-corrected chi connectivity index (χ1v) is 10.7. The highest BCUT2D eigenvalue weighted by Crippen LogP contribution is 2.32. The average Bonchev–Trinajstić information content (AvgIpc) is 3.31. The molecule has 0 unspecified atom stereocenters. The van der Waals surface area contributed by atoms with Crippen LogP contribution in [0.4, 0.5) is 4.79 Å². The van der Waals surface area contributed by atoms with E-state index in [0.29, 0.717) is 21.7 Å². The lowest BCUT2D eigenvalue weighted by Gasteiger charge is -2.13. The second kappa shape index (κ2) is 9.28. The molecule has 170 valence electrons. The van der Waals surface area contributed by atoms with Gasteiger partial charge < -0.3 is 10.1 Å². The second-order valence-electron chi connectivity index (χ2n) is 7.14. The first kappa shape index (κ1) is 22.3. The van der Waals surface area contributed by atoms with Crippen LogP contribution in [0.5, 0.6) is 5.75 Å². The van der Waals surface area contributed by atoms with Crippen molar-refractivity contribution in [2.45, 2.75) is 6.54 Å². The van der Waals surface area contributed by atoms with Crippen LogP contribution in [0.2, 0.25) is 0 Å². The van der Waals surface area contributed by atoms with Crippen LogP contribution < -0.4 is 15.6 Å². The molecule has 3 heterocycles. The molecular weight excluding hydrogens is 448 g/mol. The molecule has 33 heavy (non-hydrogen) atoms. The Morgan fingerprint density at radius 3 is 2.70 bits per heavy atom. The van der Waals surface area contributed by atoms with E-state index in [-0.39, 0.29) is 25.2 Å². The van der Waals surface area contributed by atoms with Gasteiger partial charge in [0.2, 0.25) is 5.91 Å². The molecule has 0 aliphatic carbocycles. The van der Waals surface area contributed by atoms with E-state index in [0.717, 1.165) is 22.2 Å². The Labute approximate surface area is 192 Å². The fourth-order valence-corrected chi connectivity index (χ4v) is 4.11. The number of thioether (sulfide) groups is 1. The maximum absolute atomic E-state index is 12.6. The number of hydrogen-bond donors (Lipinski definition) is 1. The van der Waals surface area contributed by atoms with E-state index < -0.39 is 17.1 Å². The Hall–Kier alpha value is -3.93. The largest absolute Gasteiger partial charge is 0.497 e. The van der Waals surface area contributed by atoms with Gasteiger partial charge in [-0.05, 0) is 35.5 Å². The number of aryl methyl sites for hydroxylation is 1. The van der Waals surface area contributed by atoms with Crippen LogP contribution in [0.25, 0.3) is 17.1 Å². The third-order valence-electron chi connectivity index (χ3n) is 4.98. The van der Waals surface area contributed by atoms with Crippen molar-refractivity contribution in [3.63, 3.8) is 0 Å². The minimum Gasteiger partial charge on any atom is -0.497 e. The number of rotatable bonds is 7. The standard InChI is InChI=1S/C21H20N6O5S/c1-25-18-15(10-24-25)19(29)26(12-23-18)11-17(28)22-7-8-27-20(30)16(33-21(27)31)9-13-3-5-14(32-2)6-4-13/h3-6,9-10,12H,7-8,11H2,1-2H3,(H,22,28)/b16-9+. The summed E-state index contributed by atoms with van der Waals surface area (Å²) in [6, 6.07) is 7.09. The third-order valence-corrected chi connectivity index (χ3v) is 5.88. The predicted octanol–water partition coefficient (Wildman–Crippen LogP) is 0.991. The predicted molar refractivity (Wildman–Crippen MR) is 121 cm³/mol. The van der Waals surface area contributed by atoms with E-state index >= 15 is 0 Å². The van der Waals surface area contributed by atoms with E-state index in [4.69, 9.17) is 4.74 Å². The number of carbonyl (C=O) groups excluding carboxylic acids is 3. The topological polar surface area (TPSA) is 128 Å². The Morgan fingerprint density at radius 1 is 1.21 bits per heavy atom. The van der Waals surface area contributed by atoms with Crippen LogP contribution in [0.3, 0.4) is 0 Å². The molecule has 1 aliphatic rings. The fraction of sp³-hybridized carbons (Fsp3) is 0.238. The highest BCUT2D eigenvalue weighted by molar-refractivity contribution is 8.18. The molecule has 0 radical (unpaired) electrons. The summed E-state index contributed by atoms with van der Waals surface area (Å²) in [5, 5.41) is 6.51. The van der Waals surface area contributed by atoms with Crippen molar-refractivity contribution in [3.05, 3.63) is 57.6 Å². The molecule has 3 aromatic rings. The smallest absolute Gasteiger partial charge is 0.293 e. The summed E-state index contributed by atoms with van der Waals surface area (Å²) < 4.78 is 7.76. The van der Waals surface area contributed by atoms with Crippen molar-refractivity contribution in [2.75, 3.05) is 20.2 Å². The van der Waals surface area contributed by atoms with E-state index in [1.54, 1.807) is 44.5 Å². The van der Waals surface area contributed by atoms with Gasteiger partial charge in [0, 0.05) is 20.1 Å². The van der Waals surface area contributed by atoms with Crippen LogP contribution in [-0.4, -0.2) is 61.5 Å². The molecule has 1 aliphatic heterocycles. The number of methoxy groups -OCH3 is 1. The summed E-state index contributed by atoms with van der Waals surface area (Å²) >= 11 is 0.846. The minimum absolute atomic E-state index is 0.0190. The van der Waals surface area contributed by atoms with Gasteiger partial charge >= 0.3 is 0 Å². The summed E-state index contributed by atoms with van der Waals surface area (Å²) in [6.07, 6.45) is 4.32. The number of nitrogens with one attached hydrogen (secondary N) is 1. The lowest BCUT2D eigenvalue weighted by molar-refractivity contribution is -0.124. The van der Waals surface area contributed by atoms with Gasteiger partial charge in [-0.2, -0.15) is 5.10 Å². The van der Waals surface area contributed by atoms with Gasteiger partial charge in [0.15, 0.2) is 5.65 Å². The number of nitrogens with zero attached hydrogens (tertiary/aromatic N) is 5. The molecule has 1 saturated heterocycles. The van der Waals surface area contributed by atoms with Crippen molar-refractivity contribution >= 4 is 45.9 Å². The zero-order chi connectivity index (χ0) is 23.5. The summed E-state index contributed by atoms with van der Waals surface area (Å²) in [5.41, 5.74) is 0.816. The maximum atomic E-state index is 12.6. The molecule has 4 rings (SSSR count). The van der Waals surface area contributed by atoms with Crippen LogP contribution >= 0.6 is 11.8 Å². The number of aromatic nitrogens is 4. The first-order valence-electron chi connectivity index (χ1n) is 9.90. The van der Waals surface area contributed by atoms with Gasteiger partial charge in [-0.25, -0.2) is 4.98 Å². The van der Waals surface area contributed by atoms with Crippen molar-refractivity contribution in [1.82, 2.24) is 29.5 Å². The minimum atomic E-state index is -0.442.